The van der Waals surface area contributed by atoms with Crippen LogP contribution >= 0.6 is 11.9 Å². The predicted molar refractivity (Wildman–Crippen MR) is 183 cm³/mol. The Morgan fingerprint density at radius 1 is 0.935 bits per heavy atom. The van der Waals surface area contributed by atoms with E-state index in [0.29, 0.717) is 25.4 Å². The van der Waals surface area contributed by atoms with Crippen molar-refractivity contribution in [1.29, 1.82) is 0 Å². The first kappa shape index (κ1) is 34.2. The number of hydrogen-bond donors (Lipinski definition) is 4. The minimum absolute atomic E-state index is 0.156. The second-order valence-corrected chi connectivity index (χ2v) is 11.5. The van der Waals surface area contributed by atoms with Crippen LogP contribution in [0.3, 0.4) is 0 Å². The van der Waals surface area contributed by atoms with Gasteiger partial charge in [-0.15, -0.1) is 0 Å². The van der Waals surface area contributed by atoms with Crippen LogP contribution in [0.25, 0.3) is 0 Å². The maximum Gasteiger partial charge on any atom is 0.251 e. The number of para-hydroxylation sites is 2. The highest BCUT2D eigenvalue weighted by atomic mass is 32.2. The molecule has 4 rings (SSSR count). The van der Waals surface area contributed by atoms with Gasteiger partial charge in [0.1, 0.15) is 11.6 Å². The minimum Gasteiger partial charge on any atom is -0.352 e. The number of benzene rings is 3. The van der Waals surface area contributed by atoms with Gasteiger partial charge < -0.3 is 20.3 Å². The van der Waals surface area contributed by atoms with Gasteiger partial charge in [0, 0.05) is 43.6 Å². The third-order valence-corrected chi connectivity index (χ3v) is 7.85. The van der Waals surface area contributed by atoms with Crippen LogP contribution in [0.2, 0.25) is 0 Å². The molecule has 0 aliphatic heterocycles. The minimum atomic E-state index is -0.593. The molecule has 10 nitrogen and oxygen atoms in total. The number of nitrogens with zero attached hydrogens (tertiary/aromatic N) is 3. The lowest BCUT2D eigenvalue weighted by Gasteiger charge is -2.20. The van der Waals surface area contributed by atoms with Crippen molar-refractivity contribution in [3.05, 3.63) is 102 Å². The first-order chi connectivity index (χ1) is 22.3. The topological polar surface area (TPSA) is 121 Å². The zero-order valence-electron chi connectivity index (χ0n) is 26.3. The van der Waals surface area contributed by atoms with E-state index >= 15 is 0 Å². The highest BCUT2D eigenvalue weighted by molar-refractivity contribution is 7.99. The van der Waals surface area contributed by atoms with Crippen molar-refractivity contribution in [2.75, 3.05) is 34.8 Å². The lowest BCUT2D eigenvalue weighted by Crippen LogP contribution is -2.24. The summed E-state index contributed by atoms with van der Waals surface area (Å²) in [6, 6.07) is 21.7. The van der Waals surface area contributed by atoms with Crippen molar-refractivity contribution in [3.8, 4) is 0 Å². The van der Waals surface area contributed by atoms with Crippen molar-refractivity contribution in [2.45, 2.75) is 45.6 Å². The van der Waals surface area contributed by atoms with Crippen molar-refractivity contribution >= 4 is 52.6 Å². The number of unbranched alkanes of at least 4 members (excludes halogenated alkanes) is 3. The Morgan fingerprint density at radius 2 is 1.70 bits per heavy atom. The largest absolute Gasteiger partial charge is 0.352 e. The summed E-state index contributed by atoms with van der Waals surface area (Å²) >= 11 is 1.59. The molecule has 1 heterocycles. The van der Waals surface area contributed by atoms with Crippen LogP contribution in [0.1, 0.15) is 53.6 Å². The molecule has 0 saturated heterocycles. The lowest BCUT2D eigenvalue weighted by atomic mass is 10.1. The second-order valence-electron chi connectivity index (χ2n) is 10.6. The SMILES string of the molecule is CSN(C)c1ccccc1Nc1nc(Nc2ccc(C(=O)NCCCCCCC(=O)NOCc3ccccc3)cc2F)ncc1C. The van der Waals surface area contributed by atoms with Gasteiger partial charge in [0.05, 0.1) is 23.7 Å². The molecule has 46 heavy (non-hydrogen) atoms. The Hall–Kier alpha value is -4.68. The molecule has 0 saturated carbocycles. The number of hydrogen-bond acceptors (Lipinski definition) is 9. The molecular weight excluding hydrogens is 605 g/mol. The van der Waals surface area contributed by atoms with E-state index in [0.717, 1.165) is 48.2 Å². The number of anilines is 5. The van der Waals surface area contributed by atoms with E-state index in [1.165, 1.54) is 12.1 Å². The summed E-state index contributed by atoms with van der Waals surface area (Å²) in [7, 11) is 1.98. The summed E-state index contributed by atoms with van der Waals surface area (Å²) in [6.45, 7) is 2.67. The van der Waals surface area contributed by atoms with E-state index in [-0.39, 0.29) is 29.0 Å². The van der Waals surface area contributed by atoms with Gasteiger partial charge in [0.25, 0.3) is 5.91 Å². The molecule has 0 aliphatic carbocycles. The maximum atomic E-state index is 15.0. The molecule has 242 valence electrons. The molecule has 12 heteroatoms. The number of nitrogens with one attached hydrogen (secondary N) is 4. The van der Waals surface area contributed by atoms with E-state index in [1.807, 2.05) is 79.1 Å². The van der Waals surface area contributed by atoms with Gasteiger partial charge >= 0.3 is 0 Å². The molecular formula is C34H40FN7O3S. The zero-order valence-corrected chi connectivity index (χ0v) is 27.1. The Bertz CT molecular complexity index is 1590. The molecule has 0 spiro atoms. The Morgan fingerprint density at radius 3 is 2.48 bits per heavy atom. The molecule has 4 aromatic rings. The molecule has 0 bridgehead atoms. The Balaban J connectivity index is 1.18. The summed E-state index contributed by atoms with van der Waals surface area (Å²) in [5, 5.41) is 9.11. The van der Waals surface area contributed by atoms with Gasteiger partial charge in [-0.3, -0.25) is 14.4 Å². The standard InChI is InChI=1S/C34H40FN7O3S/c1-24-22-37-34(40-32(24)38-29-15-10-11-16-30(29)42(2)46-3)39-28-19-18-26(21-27(28)35)33(44)36-20-12-5-4-9-17-31(43)41-45-23-25-13-7-6-8-14-25/h6-8,10-11,13-16,18-19,21-22H,4-5,9,12,17,20,23H2,1-3H3,(H,36,44)(H,41,43)(H2,37,38,39,40). The summed E-state index contributed by atoms with van der Waals surface area (Å²) in [5.74, 6) is -0.295. The van der Waals surface area contributed by atoms with Crippen molar-refractivity contribution in [2.24, 2.45) is 0 Å². The van der Waals surface area contributed by atoms with E-state index in [2.05, 4.69) is 31.4 Å². The van der Waals surface area contributed by atoms with Gasteiger partial charge in [-0.2, -0.15) is 4.98 Å². The molecule has 3 aromatic carbocycles. The van der Waals surface area contributed by atoms with Crippen LogP contribution in [0.15, 0.2) is 79.0 Å². The normalized spacial score (nSPS) is 10.7. The fourth-order valence-electron chi connectivity index (χ4n) is 4.48. The highest BCUT2D eigenvalue weighted by Crippen LogP contribution is 2.31. The number of hydroxylamine groups is 1. The third-order valence-electron chi connectivity index (χ3n) is 7.10. The van der Waals surface area contributed by atoms with Crippen LogP contribution in [-0.4, -0.2) is 41.6 Å². The molecule has 0 aliphatic rings. The van der Waals surface area contributed by atoms with Gasteiger partial charge in [0.2, 0.25) is 11.9 Å². The molecule has 0 fully saturated rings. The van der Waals surface area contributed by atoms with Crippen LogP contribution in [0, 0.1) is 12.7 Å². The van der Waals surface area contributed by atoms with Crippen LogP contribution in [0.5, 0.6) is 0 Å². The first-order valence-electron chi connectivity index (χ1n) is 15.1. The van der Waals surface area contributed by atoms with Gasteiger partial charge in [0.15, 0.2) is 0 Å². The van der Waals surface area contributed by atoms with E-state index in [1.54, 1.807) is 24.2 Å². The van der Waals surface area contributed by atoms with E-state index in [4.69, 9.17) is 4.84 Å². The maximum absolute atomic E-state index is 15.0. The third kappa shape index (κ3) is 10.5. The number of halogens is 1. The Labute approximate surface area is 273 Å². The summed E-state index contributed by atoms with van der Waals surface area (Å²) < 4.78 is 17.0. The number of rotatable bonds is 17. The van der Waals surface area contributed by atoms with Gasteiger partial charge in [-0.25, -0.2) is 14.9 Å². The quantitative estimate of drug-likeness (QED) is 0.0544. The van der Waals surface area contributed by atoms with Crippen LogP contribution < -0.4 is 25.7 Å². The molecule has 1 aromatic heterocycles. The van der Waals surface area contributed by atoms with Crippen molar-refractivity contribution < 1.29 is 18.8 Å². The van der Waals surface area contributed by atoms with Crippen LogP contribution in [0.4, 0.5) is 33.2 Å². The van der Waals surface area contributed by atoms with Gasteiger partial charge in [-0.05, 0) is 55.7 Å². The van der Waals surface area contributed by atoms with Crippen molar-refractivity contribution in [1.82, 2.24) is 20.8 Å². The molecule has 0 atom stereocenters. The Kier molecular flexibility index (Phi) is 13.2. The van der Waals surface area contributed by atoms with E-state index < -0.39 is 5.82 Å². The molecule has 0 radical (unpaired) electrons. The molecule has 0 unspecified atom stereocenters. The fourth-order valence-corrected chi connectivity index (χ4v) is 4.84. The number of carbonyl (C=O) groups excluding carboxylic acids is 2. The number of amides is 2. The fraction of sp³-hybridized carbons (Fsp3) is 0.294. The molecule has 2 amide bonds. The van der Waals surface area contributed by atoms with Gasteiger partial charge in [-0.1, -0.05) is 67.3 Å². The lowest BCUT2D eigenvalue weighted by molar-refractivity contribution is -0.134. The monoisotopic (exact) mass is 645 g/mol. The highest BCUT2D eigenvalue weighted by Gasteiger charge is 2.13. The van der Waals surface area contributed by atoms with Crippen LogP contribution in [-0.2, 0) is 16.2 Å². The summed E-state index contributed by atoms with van der Waals surface area (Å²) in [5.41, 5.74) is 6.52. The van der Waals surface area contributed by atoms with E-state index in [9.17, 15) is 14.0 Å². The smallest absolute Gasteiger partial charge is 0.251 e. The van der Waals surface area contributed by atoms with Crippen molar-refractivity contribution in [3.63, 3.8) is 0 Å². The second kappa shape index (κ2) is 17.7. The predicted octanol–water partition coefficient (Wildman–Crippen LogP) is 7.05. The average molecular weight is 646 g/mol. The number of aromatic nitrogens is 2. The average Bonchev–Trinajstić information content (AvgIpc) is 3.07. The number of carbonyl (C=O) groups is 2. The summed E-state index contributed by atoms with van der Waals surface area (Å²) in [4.78, 5) is 38.6. The first-order valence-corrected chi connectivity index (χ1v) is 16.3. The molecule has 4 N–H and O–H groups in total. The zero-order chi connectivity index (χ0) is 32.7. The number of aryl methyl sites for hydroxylation is 1. The summed E-state index contributed by atoms with van der Waals surface area (Å²) in [6.07, 6.45) is 7.19.